The Morgan fingerprint density at radius 2 is 1.82 bits per heavy atom. The molecule has 2 aromatic rings. The monoisotopic (exact) mass is 298 g/mol. The summed E-state index contributed by atoms with van der Waals surface area (Å²) in [5.74, 6) is 0.535. The summed E-state index contributed by atoms with van der Waals surface area (Å²) in [7, 11) is 2.03. The summed E-state index contributed by atoms with van der Waals surface area (Å²) >= 11 is 0. The van der Waals surface area contributed by atoms with Gasteiger partial charge >= 0.3 is 0 Å². The number of benzene rings is 1. The zero-order valence-corrected chi connectivity index (χ0v) is 14.2. The predicted molar refractivity (Wildman–Crippen MR) is 91.7 cm³/mol. The third-order valence-corrected chi connectivity index (χ3v) is 4.08. The molecule has 22 heavy (non-hydrogen) atoms. The molecule has 0 aliphatic heterocycles. The van der Waals surface area contributed by atoms with E-state index in [0.29, 0.717) is 12.5 Å². The zero-order valence-electron chi connectivity index (χ0n) is 14.2. The highest BCUT2D eigenvalue weighted by molar-refractivity contribution is 5.87. The molecule has 0 unspecified atom stereocenters. The van der Waals surface area contributed by atoms with Crippen LogP contribution in [0.3, 0.4) is 0 Å². The molecule has 0 saturated heterocycles. The Morgan fingerprint density at radius 1 is 1.18 bits per heavy atom. The second kappa shape index (κ2) is 6.39. The molecule has 0 fully saturated rings. The molecule has 0 atom stereocenters. The van der Waals surface area contributed by atoms with Gasteiger partial charge in [0.05, 0.1) is 5.41 Å². The molecule has 3 heteroatoms. The number of aromatic nitrogens is 1. The molecule has 0 spiro atoms. The lowest BCUT2D eigenvalue weighted by Crippen LogP contribution is -2.41. The van der Waals surface area contributed by atoms with Gasteiger partial charge in [0.15, 0.2) is 0 Å². The number of carbonyl (C=O) groups is 1. The van der Waals surface area contributed by atoms with Crippen molar-refractivity contribution in [1.82, 2.24) is 9.88 Å². The van der Waals surface area contributed by atoms with Crippen LogP contribution in [-0.2, 0) is 17.3 Å². The van der Waals surface area contributed by atoms with Gasteiger partial charge in [0.25, 0.3) is 0 Å². The van der Waals surface area contributed by atoms with Gasteiger partial charge in [-0.2, -0.15) is 0 Å². The normalized spacial score (nSPS) is 11.7. The molecule has 2 rings (SSSR count). The van der Waals surface area contributed by atoms with Crippen molar-refractivity contribution < 1.29 is 4.79 Å². The highest BCUT2D eigenvalue weighted by Gasteiger charge is 2.29. The molecule has 1 N–H and O–H groups in total. The van der Waals surface area contributed by atoms with Gasteiger partial charge in [0.1, 0.15) is 0 Å². The number of aryl methyl sites for hydroxylation is 1. The maximum Gasteiger partial charge on any atom is 0.230 e. The Kier molecular flexibility index (Phi) is 4.74. The predicted octanol–water partition coefficient (Wildman–Crippen LogP) is 3.74. The number of carbonyl (C=O) groups excluding carboxylic acids is 1. The van der Waals surface area contributed by atoms with Crippen molar-refractivity contribution in [2.24, 2.45) is 13.0 Å². The van der Waals surface area contributed by atoms with E-state index in [1.807, 2.05) is 33.2 Å². The van der Waals surface area contributed by atoms with E-state index in [1.54, 1.807) is 0 Å². The zero-order chi connectivity index (χ0) is 16.3. The molecule has 0 aliphatic carbocycles. The van der Waals surface area contributed by atoms with E-state index in [-0.39, 0.29) is 5.91 Å². The number of amides is 1. The molecule has 1 aromatic heterocycles. The van der Waals surface area contributed by atoms with Gasteiger partial charge in [-0.1, -0.05) is 38.1 Å². The van der Waals surface area contributed by atoms with E-state index in [0.717, 1.165) is 11.1 Å². The van der Waals surface area contributed by atoms with Crippen LogP contribution in [0, 0.1) is 5.92 Å². The van der Waals surface area contributed by atoms with Gasteiger partial charge in [-0.3, -0.25) is 4.79 Å². The van der Waals surface area contributed by atoms with Crippen LogP contribution >= 0.6 is 0 Å². The highest BCUT2D eigenvalue weighted by Crippen LogP contribution is 2.27. The van der Waals surface area contributed by atoms with Gasteiger partial charge in [-0.25, -0.2) is 0 Å². The van der Waals surface area contributed by atoms with E-state index in [4.69, 9.17) is 0 Å². The molecule has 0 saturated carbocycles. The fourth-order valence-electron chi connectivity index (χ4n) is 2.47. The average Bonchev–Trinajstić information content (AvgIpc) is 2.91. The summed E-state index contributed by atoms with van der Waals surface area (Å²) in [6, 6.07) is 12.4. The molecule has 1 heterocycles. The highest BCUT2D eigenvalue weighted by atomic mass is 16.2. The lowest BCUT2D eigenvalue weighted by Gasteiger charge is -2.25. The first-order valence-corrected chi connectivity index (χ1v) is 7.83. The molecular formula is C19H26N2O. The van der Waals surface area contributed by atoms with Gasteiger partial charge in [0.2, 0.25) is 5.91 Å². The first-order valence-electron chi connectivity index (χ1n) is 7.83. The molecule has 1 amide bonds. The summed E-state index contributed by atoms with van der Waals surface area (Å²) < 4.78 is 2.09. The van der Waals surface area contributed by atoms with Gasteiger partial charge < -0.3 is 9.88 Å². The van der Waals surface area contributed by atoms with E-state index < -0.39 is 5.41 Å². The van der Waals surface area contributed by atoms with E-state index in [1.165, 1.54) is 5.69 Å². The number of hydrogen-bond donors (Lipinski definition) is 1. The molecule has 118 valence electrons. The third-order valence-electron chi connectivity index (χ3n) is 4.08. The largest absolute Gasteiger partial charge is 0.355 e. The Morgan fingerprint density at radius 3 is 2.32 bits per heavy atom. The van der Waals surface area contributed by atoms with Crippen molar-refractivity contribution in [2.45, 2.75) is 33.1 Å². The maximum atomic E-state index is 12.4. The Labute approximate surface area is 133 Å². The minimum Gasteiger partial charge on any atom is -0.355 e. The van der Waals surface area contributed by atoms with Crippen molar-refractivity contribution in [1.29, 1.82) is 0 Å². The van der Waals surface area contributed by atoms with E-state index >= 15 is 0 Å². The van der Waals surface area contributed by atoms with Gasteiger partial charge in [-0.15, -0.1) is 0 Å². The summed E-state index contributed by atoms with van der Waals surface area (Å²) in [4.78, 5) is 12.4. The Balaban J connectivity index is 2.18. The fraction of sp³-hybridized carbons (Fsp3) is 0.421. The summed E-state index contributed by atoms with van der Waals surface area (Å²) in [5, 5.41) is 3.03. The van der Waals surface area contributed by atoms with Crippen LogP contribution in [0.15, 0.2) is 42.6 Å². The molecule has 0 bridgehead atoms. The van der Waals surface area contributed by atoms with E-state index in [9.17, 15) is 4.79 Å². The van der Waals surface area contributed by atoms with Crippen LogP contribution in [-0.4, -0.2) is 17.0 Å². The molecule has 0 radical (unpaired) electrons. The topological polar surface area (TPSA) is 34.0 Å². The first kappa shape index (κ1) is 16.3. The Hall–Kier alpha value is -2.03. The minimum absolute atomic E-state index is 0.0767. The fourth-order valence-corrected chi connectivity index (χ4v) is 2.47. The average molecular weight is 298 g/mol. The van der Waals surface area contributed by atoms with Crippen molar-refractivity contribution in [2.75, 3.05) is 6.54 Å². The number of rotatable bonds is 5. The van der Waals surface area contributed by atoms with Gasteiger partial charge in [0, 0.05) is 25.5 Å². The number of nitrogens with zero attached hydrogens (tertiary/aromatic N) is 1. The summed E-state index contributed by atoms with van der Waals surface area (Å²) in [6.45, 7) is 8.86. The van der Waals surface area contributed by atoms with Crippen molar-refractivity contribution in [3.63, 3.8) is 0 Å². The summed E-state index contributed by atoms with van der Waals surface area (Å²) in [5.41, 5.74) is 2.84. The third kappa shape index (κ3) is 3.41. The van der Waals surface area contributed by atoms with E-state index in [2.05, 4.69) is 54.1 Å². The first-order chi connectivity index (χ1) is 10.3. The molecule has 1 aromatic carbocycles. The van der Waals surface area contributed by atoms with Crippen molar-refractivity contribution in [3.8, 4) is 11.3 Å². The number of hydrogen-bond acceptors (Lipinski definition) is 1. The van der Waals surface area contributed by atoms with Crippen molar-refractivity contribution >= 4 is 5.91 Å². The number of nitrogens with one attached hydrogen (secondary N) is 1. The molecular weight excluding hydrogens is 272 g/mol. The van der Waals surface area contributed by atoms with Crippen LogP contribution in [0.25, 0.3) is 11.3 Å². The lowest BCUT2D eigenvalue weighted by molar-refractivity contribution is -0.125. The molecule has 0 aliphatic rings. The van der Waals surface area contributed by atoms with Crippen LogP contribution in [0.5, 0.6) is 0 Å². The van der Waals surface area contributed by atoms with Crippen molar-refractivity contribution in [3.05, 3.63) is 48.2 Å². The maximum absolute atomic E-state index is 12.4. The standard InChI is InChI=1S/C19H26N2O/c1-14(2)13-20-18(22)19(3,4)16-10-8-15(9-11-16)17-7-6-12-21(17)5/h6-12,14H,13H2,1-5H3,(H,20,22). The lowest BCUT2D eigenvalue weighted by atomic mass is 9.83. The smallest absolute Gasteiger partial charge is 0.230 e. The van der Waals surface area contributed by atoms with Crippen LogP contribution < -0.4 is 5.32 Å². The Bertz CT molecular complexity index is 636. The van der Waals surface area contributed by atoms with Crippen LogP contribution in [0.4, 0.5) is 0 Å². The van der Waals surface area contributed by atoms with Gasteiger partial charge in [-0.05, 0) is 43.0 Å². The van der Waals surface area contributed by atoms with Crippen LogP contribution in [0.1, 0.15) is 33.3 Å². The second-order valence-corrected chi connectivity index (χ2v) is 6.81. The minimum atomic E-state index is -0.526. The second-order valence-electron chi connectivity index (χ2n) is 6.81. The van der Waals surface area contributed by atoms with Crippen LogP contribution in [0.2, 0.25) is 0 Å². The quantitative estimate of drug-likeness (QED) is 0.896. The SMILES string of the molecule is CC(C)CNC(=O)C(C)(C)c1ccc(-c2cccn2C)cc1. The summed E-state index contributed by atoms with van der Waals surface area (Å²) in [6.07, 6.45) is 2.03. The molecule has 3 nitrogen and oxygen atoms in total.